The van der Waals surface area contributed by atoms with Crippen LogP contribution in [0.4, 0.5) is 0 Å². The summed E-state index contributed by atoms with van der Waals surface area (Å²) >= 11 is 6.06. The Morgan fingerprint density at radius 3 is 2.26 bits per heavy atom. The van der Waals surface area contributed by atoms with Gasteiger partial charge in [-0.25, -0.2) is 0 Å². The molecular weight excluding hydrogens is 446 g/mol. The molecule has 34 heavy (non-hydrogen) atoms. The van der Waals surface area contributed by atoms with Gasteiger partial charge in [0.05, 0.1) is 11.2 Å². The molecule has 7 heteroatoms. The number of amides is 1. The largest absolute Gasteiger partial charge is 0.349 e. The first-order chi connectivity index (χ1) is 16.3. The zero-order chi connectivity index (χ0) is 24.1. The highest BCUT2D eigenvalue weighted by atomic mass is 35.5. The summed E-state index contributed by atoms with van der Waals surface area (Å²) in [4.78, 5) is 17.8. The Kier molecular flexibility index (Phi) is 7.71. The van der Waals surface area contributed by atoms with Crippen LogP contribution in [0, 0.1) is 0 Å². The van der Waals surface area contributed by atoms with Gasteiger partial charge in [0.15, 0.2) is 5.69 Å². The number of hydrogen-bond donors (Lipinski definition) is 1. The summed E-state index contributed by atoms with van der Waals surface area (Å²) in [5, 5.41) is 8.39. The maximum Gasteiger partial charge on any atom is 0.271 e. The zero-order valence-electron chi connectivity index (χ0n) is 20.3. The molecule has 180 valence electrons. The minimum Gasteiger partial charge on any atom is -0.349 e. The number of carbonyl (C=O) groups is 1. The summed E-state index contributed by atoms with van der Waals surface area (Å²) in [7, 11) is 0. The molecule has 2 heterocycles. The van der Waals surface area contributed by atoms with Crippen molar-refractivity contribution in [2.45, 2.75) is 32.9 Å². The molecule has 1 N–H and O–H groups in total. The predicted molar refractivity (Wildman–Crippen MR) is 138 cm³/mol. The molecular formula is C27H34ClN5O. The third-order valence-corrected chi connectivity index (χ3v) is 6.40. The van der Waals surface area contributed by atoms with Crippen molar-refractivity contribution in [2.75, 3.05) is 39.3 Å². The maximum atomic E-state index is 12.9. The zero-order valence-corrected chi connectivity index (χ0v) is 21.1. The highest BCUT2D eigenvalue weighted by Crippen LogP contribution is 2.27. The van der Waals surface area contributed by atoms with E-state index < -0.39 is 0 Å². The lowest BCUT2D eigenvalue weighted by molar-refractivity contribution is 0.0927. The summed E-state index contributed by atoms with van der Waals surface area (Å²) in [6, 6.07) is 20.1. The predicted octanol–water partition coefficient (Wildman–Crippen LogP) is 4.51. The van der Waals surface area contributed by atoms with Crippen LogP contribution in [0.3, 0.4) is 0 Å². The van der Waals surface area contributed by atoms with E-state index in [0.29, 0.717) is 17.3 Å². The fourth-order valence-electron chi connectivity index (χ4n) is 4.26. The van der Waals surface area contributed by atoms with E-state index in [9.17, 15) is 4.79 Å². The molecule has 0 saturated carbocycles. The molecule has 1 aromatic heterocycles. The van der Waals surface area contributed by atoms with Crippen LogP contribution in [0.5, 0.6) is 0 Å². The molecule has 0 atom stereocenters. The van der Waals surface area contributed by atoms with Gasteiger partial charge in [-0.3, -0.25) is 19.3 Å². The molecule has 1 fully saturated rings. The van der Waals surface area contributed by atoms with Crippen molar-refractivity contribution in [1.82, 2.24) is 24.9 Å². The smallest absolute Gasteiger partial charge is 0.271 e. The number of rotatable bonds is 7. The number of aromatic nitrogens is 2. The van der Waals surface area contributed by atoms with Gasteiger partial charge in [-0.15, -0.1) is 0 Å². The SMILES string of the molecule is CC(C)(C)n1nc(C(=O)NCCN2CCN(Cc3ccccc3)CC2)cc1-c1ccc(Cl)cc1. The first-order valence-electron chi connectivity index (χ1n) is 11.9. The van der Waals surface area contributed by atoms with E-state index in [2.05, 4.69) is 71.3 Å². The number of carbonyl (C=O) groups excluding carboxylic acids is 1. The molecule has 0 aliphatic carbocycles. The third kappa shape index (κ3) is 6.26. The van der Waals surface area contributed by atoms with Crippen LogP contribution in [0.25, 0.3) is 11.3 Å². The molecule has 1 aliphatic rings. The Morgan fingerprint density at radius 2 is 1.62 bits per heavy atom. The number of halogens is 1. The lowest BCUT2D eigenvalue weighted by atomic mass is 10.1. The van der Waals surface area contributed by atoms with E-state index in [1.807, 2.05) is 35.0 Å². The second kappa shape index (κ2) is 10.7. The summed E-state index contributed by atoms with van der Waals surface area (Å²) < 4.78 is 1.91. The average molecular weight is 480 g/mol. The molecule has 0 bridgehead atoms. The van der Waals surface area contributed by atoms with E-state index in [0.717, 1.165) is 50.5 Å². The minimum absolute atomic E-state index is 0.138. The van der Waals surface area contributed by atoms with Crippen molar-refractivity contribution >= 4 is 17.5 Å². The monoisotopic (exact) mass is 479 g/mol. The van der Waals surface area contributed by atoms with E-state index in [1.54, 1.807) is 0 Å². The Hall–Kier alpha value is -2.67. The van der Waals surface area contributed by atoms with Crippen LogP contribution >= 0.6 is 11.6 Å². The molecule has 0 unspecified atom stereocenters. The quantitative estimate of drug-likeness (QED) is 0.542. The second-order valence-corrected chi connectivity index (χ2v) is 10.3. The summed E-state index contributed by atoms with van der Waals surface area (Å²) in [5.74, 6) is -0.138. The first kappa shape index (κ1) is 24.5. The summed E-state index contributed by atoms with van der Waals surface area (Å²) in [6.45, 7) is 12.8. The minimum atomic E-state index is -0.257. The van der Waals surface area contributed by atoms with Crippen LogP contribution in [0.1, 0.15) is 36.8 Å². The Bertz CT molecular complexity index is 1080. The van der Waals surface area contributed by atoms with Gasteiger partial charge in [-0.1, -0.05) is 54.1 Å². The van der Waals surface area contributed by atoms with Crippen molar-refractivity contribution in [2.24, 2.45) is 0 Å². The Morgan fingerprint density at radius 1 is 0.971 bits per heavy atom. The molecule has 3 aromatic rings. The van der Waals surface area contributed by atoms with E-state index in [-0.39, 0.29) is 11.4 Å². The number of hydrogen-bond acceptors (Lipinski definition) is 4. The topological polar surface area (TPSA) is 53.4 Å². The van der Waals surface area contributed by atoms with Gasteiger partial charge in [-0.2, -0.15) is 5.10 Å². The Balaban J connectivity index is 1.30. The summed E-state index contributed by atoms with van der Waals surface area (Å²) in [6.07, 6.45) is 0. The van der Waals surface area contributed by atoms with Crippen molar-refractivity contribution < 1.29 is 4.79 Å². The van der Waals surface area contributed by atoms with Crippen molar-refractivity contribution in [1.29, 1.82) is 0 Å². The van der Waals surface area contributed by atoms with Crippen molar-refractivity contribution in [3.8, 4) is 11.3 Å². The van der Waals surface area contributed by atoms with E-state index in [1.165, 1.54) is 5.56 Å². The molecule has 1 amide bonds. The number of nitrogens with zero attached hydrogens (tertiary/aromatic N) is 4. The lowest BCUT2D eigenvalue weighted by Gasteiger charge is -2.34. The third-order valence-electron chi connectivity index (χ3n) is 6.14. The highest BCUT2D eigenvalue weighted by molar-refractivity contribution is 6.30. The first-order valence-corrected chi connectivity index (χ1v) is 12.3. The van der Waals surface area contributed by atoms with Gasteiger partial charge < -0.3 is 5.32 Å². The number of piperazine rings is 1. The van der Waals surface area contributed by atoms with Crippen LogP contribution in [0.2, 0.25) is 5.02 Å². The Labute approximate surface area is 207 Å². The normalized spacial score (nSPS) is 15.4. The van der Waals surface area contributed by atoms with Gasteiger partial charge in [0, 0.05) is 50.8 Å². The second-order valence-electron chi connectivity index (χ2n) is 9.86. The molecule has 0 spiro atoms. The van der Waals surface area contributed by atoms with E-state index in [4.69, 9.17) is 11.6 Å². The molecule has 1 aliphatic heterocycles. The fraction of sp³-hybridized carbons (Fsp3) is 0.407. The number of benzene rings is 2. The number of nitrogens with one attached hydrogen (secondary N) is 1. The van der Waals surface area contributed by atoms with Crippen LogP contribution < -0.4 is 5.32 Å². The summed E-state index contributed by atoms with van der Waals surface area (Å²) in [5.41, 5.74) is 3.43. The molecule has 0 radical (unpaired) electrons. The van der Waals surface area contributed by atoms with Crippen LogP contribution in [0.15, 0.2) is 60.7 Å². The molecule has 1 saturated heterocycles. The fourth-order valence-corrected chi connectivity index (χ4v) is 4.39. The van der Waals surface area contributed by atoms with Gasteiger partial charge in [0.25, 0.3) is 5.91 Å². The molecule has 2 aromatic carbocycles. The van der Waals surface area contributed by atoms with Crippen LogP contribution in [-0.4, -0.2) is 64.8 Å². The van der Waals surface area contributed by atoms with Gasteiger partial charge in [0.2, 0.25) is 0 Å². The van der Waals surface area contributed by atoms with Crippen LogP contribution in [-0.2, 0) is 12.1 Å². The molecule has 4 rings (SSSR count). The standard InChI is InChI=1S/C27H34ClN5O/c1-27(2,3)33-25(22-9-11-23(28)12-10-22)19-24(30-33)26(34)29-13-14-31-15-17-32(18-16-31)20-21-7-5-4-6-8-21/h4-12,19H,13-18,20H2,1-3H3,(H,29,34). The molecule has 6 nitrogen and oxygen atoms in total. The van der Waals surface area contributed by atoms with Gasteiger partial charge >= 0.3 is 0 Å². The average Bonchev–Trinajstić information content (AvgIpc) is 3.28. The van der Waals surface area contributed by atoms with Crippen molar-refractivity contribution in [3.05, 3.63) is 76.9 Å². The highest BCUT2D eigenvalue weighted by Gasteiger charge is 2.23. The van der Waals surface area contributed by atoms with Crippen molar-refractivity contribution in [3.63, 3.8) is 0 Å². The van der Waals surface area contributed by atoms with E-state index >= 15 is 0 Å². The van der Waals surface area contributed by atoms with Gasteiger partial charge in [-0.05, 0) is 50.1 Å². The van der Waals surface area contributed by atoms with Gasteiger partial charge in [0.1, 0.15) is 0 Å². The lowest BCUT2D eigenvalue weighted by Crippen LogP contribution is -2.48. The maximum absolute atomic E-state index is 12.9.